The molecule has 0 N–H and O–H groups in total. The molecule has 0 fully saturated rings. The largest absolute Gasteiger partial charge is 0.493 e. The van der Waals surface area contributed by atoms with Crippen LogP contribution in [0.5, 0.6) is 11.5 Å². The van der Waals surface area contributed by atoms with Crippen LogP contribution in [0.15, 0.2) is 48.7 Å². The van der Waals surface area contributed by atoms with Crippen molar-refractivity contribution in [1.29, 1.82) is 0 Å². The Kier molecular flexibility index (Phi) is 5.40. The number of nitrogens with zero attached hydrogens (tertiary/aromatic N) is 3. The van der Waals surface area contributed by atoms with Gasteiger partial charge in [0.05, 0.1) is 30.2 Å². The van der Waals surface area contributed by atoms with E-state index in [-0.39, 0.29) is 10.6 Å². The monoisotopic (exact) mass is 367 g/mol. The van der Waals surface area contributed by atoms with Crippen molar-refractivity contribution in [3.8, 4) is 11.5 Å². The Morgan fingerprint density at radius 3 is 2.59 bits per heavy atom. The van der Waals surface area contributed by atoms with Gasteiger partial charge in [-0.3, -0.25) is 15.1 Å². The molecule has 0 saturated carbocycles. The molecule has 7 nitrogen and oxygen atoms in total. The summed E-state index contributed by atoms with van der Waals surface area (Å²) in [6.07, 6.45) is 2.43. The van der Waals surface area contributed by atoms with Crippen molar-refractivity contribution in [2.45, 2.75) is 6.42 Å². The maximum Gasteiger partial charge on any atom is 0.278 e. The smallest absolute Gasteiger partial charge is 0.278 e. The quantitative estimate of drug-likeness (QED) is 0.466. The number of rotatable bonds is 7. The van der Waals surface area contributed by atoms with Gasteiger partial charge < -0.3 is 14.4 Å². The molecule has 0 unspecified atom stereocenters. The van der Waals surface area contributed by atoms with Gasteiger partial charge in [0.15, 0.2) is 11.5 Å². The molecule has 27 heavy (non-hydrogen) atoms. The molecular formula is C20H21N3O4. The van der Waals surface area contributed by atoms with Gasteiger partial charge in [0.25, 0.3) is 5.69 Å². The van der Waals surface area contributed by atoms with Crippen LogP contribution in [0.4, 0.5) is 11.4 Å². The second-order valence-electron chi connectivity index (χ2n) is 6.12. The highest BCUT2D eigenvalue weighted by molar-refractivity contribution is 5.97. The van der Waals surface area contributed by atoms with Crippen molar-refractivity contribution in [1.82, 2.24) is 4.98 Å². The molecule has 7 heteroatoms. The third-order valence-corrected chi connectivity index (χ3v) is 4.52. The maximum atomic E-state index is 11.3. The van der Waals surface area contributed by atoms with E-state index in [9.17, 15) is 10.1 Å². The molecule has 0 saturated heterocycles. The Morgan fingerprint density at radius 2 is 1.89 bits per heavy atom. The summed E-state index contributed by atoms with van der Waals surface area (Å²) in [5.41, 5.74) is 2.66. The molecule has 0 aliphatic heterocycles. The molecule has 0 spiro atoms. The molecule has 0 bridgehead atoms. The van der Waals surface area contributed by atoms with Gasteiger partial charge in [0, 0.05) is 25.9 Å². The molecule has 2 aromatic carbocycles. The van der Waals surface area contributed by atoms with E-state index in [1.54, 1.807) is 38.6 Å². The Labute approximate surface area is 157 Å². The average Bonchev–Trinajstić information content (AvgIpc) is 2.70. The molecule has 3 rings (SSSR count). The fourth-order valence-corrected chi connectivity index (χ4v) is 3.06. The normalized spacial score (nSPS) is 10.6. The van der Waals surface area contributed by atoms with Crippen LogP contribution in [0.25, 0.3) is 10.9 Å². The van der Waals surface area contributed by atoms with E-state index < -0.39 is 0 Å². The molecule has 0 amide bonds. The predicted molar refractivity (Wildman–Crippen MR) is 105 cm³/mol. The van der Waals surface area contributed by atoms with Crippen LogP contribution in [-0.2, 0) is 6.42 Å². The van der Waals surface area contributed by atoms with E-state index >= 15 is 0 Å². The summed E-state index contributed by atoms with van der Waals surface area (Å²) in [6.45, 7) is 0.721. The number of aromatic nitrogens is 1. The standard InChI is InChI=1S/C20H21N3O4/c1-22(12-10-14-6-9-18(26-2)19(13-14)27-3)17-8-7-16(23(24)25)15-5-4-11-21-20(15)17/h4-9,11,13H,10,12H2,1-3H3. The summed E-state index contributed by atoms with van der Waals surface area (Å²) in [6, 6.07) is 12.6. The van der Waals surface area contributed by atoms with Crippen LogP contribution in [-0.4, -0.2) is 37.7 Å². The first-order valence-corrected chi connectivity index (χ1v) is 8.49. The van der Waals surface area contributed by atoms with Crippen molar-refractivity contribution in [2.24, 2.45) is 0 Å². The lowest BCUT2D eigenvalue weighted by Gasteiger charge is -2.21. The zero-order valence-electron chi connectivity index (χ0n) is 15.5. The van der Waals surface area contributed by atoms with Gasteiger partial charge >= 0.3 is 0 Å². The first-order chi connectivity index (χ1) is 13.0. The number of nitro benzene ring substituents is 1. The second-order valence-corrected chi connectivity index (χ2v) is 6.12. The topological polar surface area (TPSA) is 77.7 Å². The molecule has 1 heterocycles. The van der Waals surface area contributed by atoms with Crippen molar-refractivity contribution in [3.05, 3.63) is 64.3 Å². The minimum Gasteiger partial charge on any atom is -0.493 e. The van der Waals surface area contributed by atoms with Crippen molar-refractivity contribution in [3.63, 3.8) is 0 Å². The van der Waals surface area contributed by atoms with Crippen LogP contribution >= 0.6 is 0 Å². The maximum absolute atomic E-state index is 11.3. The first-order valence-electron chi connectivity index (χ1n) is 8.49. The van der Waals surface area contributed by atoms with Gasteiger partial charge in [0.2, 0.25) is 0 Å². The number of likely N-dealkylation sites (N-methyl/N-ethyl adjacent to an activating group) is 1. The molecule has 0 aliphatic rings. The Morgan fingerprint density at radius 1 is 1.11 bits per heavy atom. The van der Waals surface area contributed by atoms with E-state index in [0.29, 0.717) is 22.4 Å². The number of anilines is 1. The lowest BCUT2D eigenvalue weighted by atomic mass is 10.1. The SMILES string of the molecule is COc1ccc(CCN(C)c2ccc([N+](=O)[O-])c3cccnc23)cc1OC. The second kappa shape index (κ2) is 7.90. The zero-order chi connectivity index (χ0) is 19.4. The van der Waals surface area contributed by atoms with Crippen molar-refractivity contribution in [2.75, 3.05) is 32.7 Å². The van der Waals surface area contributed by atoms with Gasteiger partial charge in [-0.15, -0.1) is 0 Å². The zero-order valence-corrected chi connectivity index (χ0v) is 15.5. The number of benzene rings is 2. The summed E-state index contributed by atoms with van der Waals surface area (Å²) in [7, 11) is 5.18. The Hall–Kier alpha value is -3.35. The number of methoxy groups -OCH3 is 2. The summed E-state index contributed by atoms with van der Waals surface area (Å²) >= 11 is 0. The Balaban J connectivity index is 1.84. The highest BCUT2D eigenvalue weighted by atomic mass is 16.6. The van der Waals surface area contributed by atoms with Crippen molar-refractivity contribution >= 4 is 22.3 Å². The van der Waals surface area contributed by atoms with Gasteiger partial charge in [0.1, 0.15) is 5.52 Å². The van der Waals surface area contributed by atoms with Gasteiger partial charge in [-0.25, -0.2) is 0 Å². The predicted octanol–water partition coefficient (Wildman–Crippen LogP) is 3.84. The first kappa shape index (κ1) is 18.4. The minimum atomic E-state index is -0.378. The summed E-state index contributed by atoms with van der Waals surface area (Å²) in [4.78, 5) is 17.3. The fourth-order valence-electron chi connectivity index (χ4n) is 3.06. The van der Waals surface area contributed by atoms with Gasteiger partial charge in [-0.2, -0.15) is 0 Å². The molecule has 0 radical (unpaired) electrons. The Bertz CT molecular complexity index is 975. The molecule has 3 aromatic rings. The van der Waals surface area contributed by atoms with Gasteiger partial charge in [-0.05, 0) is 42.3 Å². The van der Waals surface area contributed by atoms with E-state index in [1.165, 1.54) is 6.07 Å². The lowest BCUT2D eigenvalue weighted by molar-refractivity contribution is -0.383. The third kappa shape index (κ3) is 3.76. The van der Waals surface area contributed by atoms with Crippen LogP contribution in [0.2, 0.25) is 0 Å². The number of pyridine rings is 1. The summed E-state index contributed by atoms with van der Waals surface area (Å²) in [5, 5.41) is 11.8. The lowest BCUT2D eigenvalue weighted by Crippen LogP contribution is -2.21. The number of hydrogen-bond acceptors (Lipinski definition) is 6. The average molecular weight is 367 g/mol. The molecular weight excluding hydrogens is 346 g/mol. The minimum absolute atomic E-state index is 0.0649. The molecule has 0 atom stereocenters. The molecule has 0 aliphatic carbocycles. The number of nitro groups is 1. The van der Waals surface area contributed by atoms with E-state index in [4.69, 9.17) is 9.47 Å². The number of non-ortho nitro benzene ring substituents is 1. The van der Waals surface area contributed by atoms with Crippen LogP contribution in [0.1, 0.15) is 5.56 Å². The fraction of sp³-hybridized carbons (Fsp3) is 0.250. The van der Waals surface area contributed by atoms with Gasteiger partial charge in [-0.1, -0.05) is 6.07 Å². The number of hydrogen-bond donors (Lipinski definition) is 0. The third-order valence-electron chi connectivity index (χ3n) is 4.52. The molecule has 1 aromatic heterocycles. The highest BCUT2D eigenvalue weighted by Crippen LogP contribution is 2.32. The van der Waals surface area contributed by atoms with Crippen LogP contribution < -0.4 is 14.4 Å². The number of fused-ring (bicyclic) bond motifs is 1. The number of ether oxygens (including phenoxy) is 2. The van der Waals surface area contributed by atoms with Crippen LogP contribution in [0.3, 0.4) is 0 Å². The summed E-state index contributed by atoms with van der Waals surface area (Å²) in [5.74, 6) is 1.39. The van der Waals surface area contributed by atoms with E-state index in [2.05, 4.69) is 9.88 Å². The van der Waals surface area contributed by atoms with Crippen molar-refractivity contribution < 1.29 is 14.4 Å². The van der Waals surface area contributed by atoms with E-state index in [1.807, 2.05) is 25.2 Å². The highest BCUT2D eigenvalue weighted by Gasteiger charge is 2.17. The van der Waals surface area contributed by atoms with Crippen LogP contribution in [0, 0.1) is 10.1 Å². The van der Waals surface area contributed by atoms with E-state index in [0.717, 1.165) is 24.2 Å². The molecule has 140 valence electrons. The summed E-state index contributed by atoms with van der Waals surface area (Å²) < 4.78 is 10.6.